The Morgan fingerprint density at radius 2 is 0.885 bits per heavy atom. The first kappa shape index (κ1) is 20.7. The van der Waals surface area contributed by atoms with Gasteiger partial charge in [0.15, 0.2) is 0 Å². The summed E-state index contributed by atoms with van der Waals surface area (Å²) in [5.41, 5.74) is 0. The third-order valence-electron chi connectivity index (χ3n) is 8.71. The second-order valence-electron chi connectivity index (χ2n) is 11.7. The average molecular weight is 361 g/mol. The summed E-state index contributed by atoms with van der Waals surface area (Å²) < 4.78 is 0. The Morgan fingerprint density at radius 3 is 1.31 bits per heavy atom. The zero-order valence-electron chi connectivity index (χ0n) is 18.7. The van der Waals surface area contributed by atoms with Crippen molar-refractivity contribution in [3.8, 4) is 0 Å². The third kappa shape index (κ3) is 5.75. The molecule has 0 aliphatic heterocycles. The average Bonchev–Trinajstić information content (AvgIpc) is 2.74. The van der Waals surface area contributed by atoms with Crippen LogP contribution in [-0.2, 0) is 0 Å². The van der Waals surface area contributed by atoms with Crippen LogP contribution in [0.5, 0.6) is 0 Å². The fourth-order valence-corrected chi connectivity index (χ4v) is 7.28. The molecule has 0 N–H and O–H groups in total. The Morgan fingerprint density at radius 1 is 0.500 bits per heavy atom. The van der Waals surface area contributed by atoms with Gasteiger partial charge >= 0.3 is 0 Å². The lowest BCUT2D eigenvalue weighted by molar-refractivity contribution is 0.0832. The number of fused-ring (bicyclic) bond motifs is 4. The summed E-state index contributed by atoms with van der Waals surface area (Å²) in [4.78, 5) is 0. The van der Waals surface area contributed by atoms with E-state index in [1.54, 1.807) is 51.4 Å². The summed E-state index contributed by atoms with van der Waals surface area (Å²) >= 11 is 0. The van der Waals surface area contributed by atoms with Crippen molar-refractivity contribution < 1.29 is 0 Å². The Hall–Kier alpha value is 0. The van der Waals surface area contributed by atoms with Crippen molar-refractivity contribution in [3.05, 3.63) is 0 Å². The van der Waals surface area contributed by atoms with Crippen molar-refractivity contribution in [2.45, 2.75) is 112 Å². The molecule has 0 radical (unpaired) electrons. The minimum atomic E-state index is 0.929. The molecule has 4 bridgehead atoms. The van der Waals surface area contributed by atoms with E-state index in [1.807, 2.05) is 0 Å². The summed E-state index contributed by atoms with van der Waals surface area (Å²) in [5, 5.41) is 0. The monoisotopic (exact) mass is 360 g/mol. The highest BCUT2D eigenvalue weighted by molar-refractivity contribution is 4.86. The Kier molecular flexibility index (Phi) is 7.55. The van der Waals surface area contributed by atoms with E-state index in [2.05, 4.69) is 34.6 Å². The highest BCUT2D eigenvalue weighted by atomic mass is 14.4. The Balaban J connectivity index is 0.000000151. The van der Waals surface area contributed by atoms with Crippen molar-refractivity contribution >= 4 is 0 Å². The first-order valence-corrected chi connectivity index (χ1v) is 12.4. The number of rotatable bonds is 2. The van der Waals surface area contributed by atoms with Gasteiger partial charge in [-0.05, 0) is 105 Å². The van der Waals surface area contributed by atoms with Crippen molar-refractivity contribution in [3.63, 3.8) is 0 Å². The zero-order chi connectivity index (χ0) is 18.7. The SMILES string of the molecule is CC(C)C1C[C@H]2CCCC[C@@H](C1)C2.CC1C[C@@H]2CC(C(C)C)C[C@H](C1)C2. The predicted molar refractivity (Wildman–Crippen MR) is 115 cm³/mol. The molecule has 0 amide bonds. The van der Waals surface area contributed by atoms with Crippen LogP contribution in [0, 0.1) is 53.3 Å². The summed E-state index contributed by atoms with van der Waals surface area (Å²) in [7, 11) is 0. The molecule has 4 aliphatic rings. The number of hydrogen-bond acceptors (Lipinski definition) is 0. The van der Waals surface area contributed by atoms with Crippen molar-refractivity contribution in [1.82, 2.24) is 0 Å². The maximum absolute atomic E-state index is 2.45. The first-order valence-electron chi connectivity index (χ1n) is 12.4. The molecule has 26 heavy (non-hydrogen) atoms. The Labute approximate surface area is 165 Å². The minimum absolute atomic E-state index is 0.929. The largest absolute Gasteiger partial charge is 0.0625 e. The number of hydrogen-bond donors (Lipinski definition) is 0. The Bertz CT molecular complexity index is 376. The van der Waals surface area contributed by atoms with Crippen molar-refractivity contribution in [2.24, 2.45) is 53.3 Å². The fourth-order valence-electron chi connectivity index (χ4n) is 7.28. The highest BCUT2D eigenvalue weighted by Gasteiger charge is 2.35. The van der Waals surface area contributed by atoms with Gasteiger partial charge in [0.05, 0.1) is 0 Å². The van der Waals surface area contributed by atoms with Gasteiger partial charge in [-0.25, -0.2) is 0 Å². The molecule has 0 saturated heterocycles. The molecule has 4 fully saturated rings. The van der Waals surface area contributed by atoms with Gasteiger partial charge in [-0.15, -0.1) is 0 Å². The highest BCUT2D eigenvalue weighted by Crippen LogP contribution is 2.46. The van der Waals surface area contributed by atoms with Crippen LogP contribution in [0.25, 0.3) is 0 Å². The normalized spacial score (nSPS) is 42.8. The maximum atomic E-state index is 2.45. The molecular weight excluding hydrogens is 312 g/mol. The van der Waals surface area contributed by atoms with E-state index in [4.69, 9.17) is 0 Å². The lowest BCUT2D eigenvalue weighted by Gasteiger charge is -2.43. The third-order valence-corrected chi connectivity index (χ3v) is 8.71. The van der Waals surface area contributed by atoms with Crippen LogP contribution in [0.1, 0.15) is 112 Å². The molecule has 7 atom stereocenters. The maximum Gasteiger partial charge on any atom is -0.0386 e. The van der Waals surface area contributed by atoms with Gasteiger partial charge in [0.1, 0.15) is 0 Å². The molecule has 152 valence electrons. The molecule has 0 spiro atoms. The van der Waals surface area contributed by atoms with E-state index in [1.165, 1.54) is 25.7 Å². The van der Waals surface area contributed by atoms with E-state index in [0.717, 1.165) is 53.3 Å². The van der Waals surface area contributed by atoms with Crippen molar-refractivity contribution in [1.29, 1.82) is 0 Å². The lowest BCUT2D eigenvalue weighted by atomic mass is 9.63. The summed E-state index contributed by atoms with van der Waals surface area (Å²) in [5.74, 6) is 9.39. The topological polar surface area (TPSA) is 0 Å². The molecule has 4 aliphatic carbocycles. The fraction of sp³-hybridized carbons (Fsp3) is 1.00. The summed E-state index contributed by atoms with van der Waals surface area (Å²) in [6.45, 7) is 12.1. The van der Waals surface area contributed by atoms with Crippen LogP contribution in [0.15, 0.2) is 0 Å². The van der Waals surface area contributed by atoms with E-state index >= 15 is 0 Å². The minimum Gasteiger partial charge on any atom is -0.0625 e. The van der Waals surface area contributed by atoms with E-state index in [0.29, 0.717) is 0 Å². The molecule has 3 unspecified atom stereocenters. The first-order chi connectivity index (χ1) is 12.4. The molecule has 0 heterocycles. The summed E-state index contributed by atoms with van der Waals surface area (Å²) in [6.07, 6.45) is 18.5. The van der Waals surface area contributed by atoms with Gasteiger partial charge in [-0.3, -0.25) is 0 Å². The standard InChI is InChI=1S/2C13H24/c1-9(2)13-7-11-4-10(3)5-12(6-11)8-13;1-10(2)13-8-11-5-3-4-6-12(7-11)9-13/h9-13H,4-8H2,1-3H3;10-13H,3-9H2,1-2H3/t10?,11-,12+,13?;11-,12+,13?. The molecule has 0 aromatic heterocycles. The van der Waals surface area contributed by atoms with E-state index in [9.17, 15) is 0 Å². The molecule has 0 nitrogen and oxygen atoms in total. The van der Waals surface area contributed by atoms with Gasteiger partial charge in [-0.1, -0.05) is 60.3 Å². The molecule has 4 rings (SSSR count). The van der Waals surface area contributed by atoms with Crippen LogP contribution in [0.3, 0.4) is 0 Å². The molecule has 0 aromatic rings. The molecule has 0 heteroatoms. The lowest BCUT2D eigenvalue weighted by Crippen LogP contribution is -2.32. The second kappa shape index (κ2) is 9.47. The predicted octanol–water partition coefficient (Wildman–Crippen LogP) is 8.35. The van der Waals surface area contributed by atoms with Gasteiger partial charge in [-0.2, -0.15) is 0 Å². The second-order valence-corrected chi connectivity index (χ2v) is 11.7. The van der Waals surface area contributed by atoms with Crippen LogP contribution >= 0.6 is 0 Å². The summed E-state index contributed by atoms with van der Waals surface area (Å²) in [6, 6.07) is 0. The van der Waals surface area contributed by atoms with E-state index in [-0.39, 0.29) is 0 Å². The molecule has 0 aromatic carbocycles. The van der Waals surface area contributed by atoms with Crippen LogP contribution < -0.4 is 0 Å². The van der Waals surface area contributed by atoms with Crippen LogP contribution in [0.2, 0.25) is 0 Å². The quantitative estimate of drug-likeness (QED) is 0.464. The van der Waals surface area contributed by atoms with Crippen LogP contribution in [-0.4, -0.2) is 0 Å². The smallest absolute Gasteiger partial charge is 0.0386 e. The van der Waals surface area contributed by atoms with Crippen LogP contribution in [0.4, 0.5) is 0 Å². The van der Waals surface area contributed by atoms with Gasteiger partial charge in [0, 0.05) is 0 Å². The molecule has 4 saturated carbocycles. The van der Waals surface area contributed by atoms with Gasteiger partial charge in [0.2, 0.25) is 0 Å². The van der Waals surface area contributed by atoms with Crippen molar-refractivity contribution in [2.75, 3.05) is 0 Å². The van der Waals surface area contributed by atoms with Gasteiger partial charge in [0.25, 0.3) is 0 Å². The zero-order valence-corrected chi connectivity index (χ0v) is 18.7. The van der Waals surface area contributed by atoms with E-state index < -0.39 is 0 Å². The molecular formula is C26H48. The van der Waals surface area contributed by atoms with Gasteiger partial charge < -0.3 is 0 Å².